The molecule has 1 saturated carbocycles. The van der Waals surface area contributed by atoms with Crippen molar-refractivity contribution in [1.29, 1.82) is 0 Å². The average Bonchev–Trinajstić information content (AvgIpc) is 2.74. The third kappa shape index (κ3) is 1.62. The van der Waals surface area contributed by atoms with Crippen LogP contribution in [0.3, 0.4) is 0 Å². The van der Waals surface area contributed by atoms with Gasteiger partial charge in [0.1, 0.15) is 0 Å². The molecule has 2 aliphatic rings. The Labute approximate surface area is 63.3 Å². The molecule has 0 amide bonds. The first-order valence-corrected chi connectivity index (χ1v) is 4.49. The maximum absolute atomic E-state index is 2.26. The predicted octanol–water partition coefficient (Wildman–Crippen LogP) is 3.10. The van der Waals surface area contributed by atoms with E-state index in [-0.39, 0.29) is 0 Å². The number of rotatable bonds is 2. The van der Waals surface area contributed by atoms with Crippen molar-refractivity contribution in [2.24, 2.45) is 5.92 Å². The molecule has 1 fully saturated rings. The van der Waals surface area contributed by atoms with Gasteiger partial charge in [0.15, 0.2) is 0 Å². The van der Waals surface area contributed by atoms with Crippen molar-refractivity contribution in [3.8, 4) is 0 Å². The molecule has 0 aliphatic heterocycles. The Morgan fingerprint density at radius 2 is 1.90 bits per heavy atom. The molecule has 0 aromatic heterocycles. The topological polar surface area (TPSA) is 0 Å². The van der Waals surface area contributed by atoms with Gasteiger partial charge in [-0.2, -0.15) is 0 Å². The monoisotopic (exact) mass is 135 g/mol. The second-order valence-electron chi connectivity index (χ2n) is 3.62. The number of hydrogen-bond donors (Lipinski definition) is 0. The highest BCUT2D eigenvalue weighted by Gasteiger charge is 2.17. The van der Waals surface area contributed by atoms with Gasteiger partial charge in [-0.25, -0.2) is 0 Å². The normalized spacial score (nSPS) is 26.2. The molecular formula is C10H15. The van der Waals surface area contributed by atoms with Crippen LogP contribution in [0, 0.1) is 12.3 Å². The first-order valence-electron chi connectivity index (χ1n) is 4.49. The fourth-order valence-corrected chi connectivity index (χ4v) is 1.92. The van der Waals surface area contributed by atoms with Crippen molar-refractivity contribution >= 4 is 0 Å². The minimum Gasteiger partial charge on any atom is -0.0766 e. The van der Waals surface area contributed by atoms with Gasteiger partial charge in [-0.1, -0.05) is 43.8 Å². The van der Waals surface area contributed by atoms with Crippen LogP contribution in [0.5, 0.6) is 0 Å². The zero-order valence-corrected chi connectivity index (χ0v) is 6.47. The molecule has 0 N–H and O–H groups in total. The van der Waals surface area contributed by atoms with E-state index in [0.29, 0.717) is 0 Å². The van der Waals surface area contributed by atoms with Crippen molar-refractivity contribution in [1.82, 2.24) is 0 Å². The lowest BCUT2D eigenvalue weighted by molar-refractivity contribution is 0.359. The molecule has 0 nitrogen and oxygen atoms in total. The van der Waals surface area contributed by atoms with Gasteiger partial charge in [-0.3, -0.25) is 0 Å². The minimum absolute atomic E-state index is 1.04. The molecule has 0 bridgehead atoms. The second kappa shape index (κ2) is 2.77. The molecule has 2 rings (SSSR count). The van der Waals surface area contributed by atoms with Gasteiger partial charge in [-0.15, -0.1) is 0 Å². The summed E-state index contributed by atoms with van der Waals surface area (Å²) < 4.78 is 0. The summed E-state index contributed by atoms with van der Waals surface area (Å²) in [5.41, 5.74) is 1.62. The predicted molar refractivity (Wildman–Crippen MR) is 43.6 cm³/mol. The molecule has 0 heterocycles. The van der Waals surface area contributed by atoms with Crippen molar-refractivity contribution < 1.29 is 0 Å². The van der Waals surface area contributed by atoms with Crippen LogP contribution in [0.1, 0.15) is 38.5 Å². The van der Waals surface area contributed by atoms with Crippen molar-refractivity contribution in [3.05, 3.63) is 18.1 Å². The van der Waals surface area contributed by atoms with Gasteiger partial charge in [-0.05, 0) is 12.3 Å². The highest BCUT2D eigenvalue weighted by atomic mass is 14.2. The largest absolute Gasteiger partial charge is 0.0766 e. The van der Waals surface area contributed by atoms with Gasteiger partial charge in [0.25, 0.3) is 0 Å². The first kappa shape index (κ1) is 6.45. The van der Waals surface area contributed by atoms with Crippen LogP contribution in [0.15, 0.2) is 11.6 Å². The molecule has 0 atom stereocenters. The van der Waals surface area contributed by atoms with E-state index in [1.165, 1.54) is 38.5 Å². The average molecular weight is 135 g/mol. The third-order valence-corrected chi connectivity index (χ3v) is 2.65. The van der Waals surface area contributed by atoms with Gasteiger partial charge in [0, 0.05) is 6.42 Å². The third-order valence-electron chi connectivity index (χ3n) is 2.65. The highest BCUT2D eigenvalue weighted by Crippen LogP contribution is 2.33. The van der Waals surface area contributed by atoms with Gasteiger partial charge >= 0.3 is 0 Å². The molecular weight excluding hydrogens is 120 g/mol. The van der Waals surface area contributed by atoms with E-state index < -0.39 is 0 Å². The maximum atomic E-state index is 2.26. The summed E-state index contributed by atoms with van der Waals surface area (Å²) in [5, 5.41) is 0. The molecule has 0 aromatic rings. The van der Waals surface area contributed by atoms with E-state index >= 15 is 0 Å². The number of hydrogen-bond acceptors (Lipinski definition) is 0. The maximum Gasteiger partial charge on any atom is 0.00803 e. The first-order chi connectivity index (χ1) is 4.95. The molecule has 10 heavy (non-hydrogen) atoms. The quantitative estimate of drug-likeness (QED) is 0.545. The van der Waals surface area contributed by atoms with Crippen LogP contribution in [-0.4, -0.2) is 0 Å². The summed E-state index contributed by atoms with van der Waals surface area (Å²) in [6.45, 7) is 0. The molecule has 0 aromatic carbocycles. The number of allylic oxidation sites excluding steroid dienone is 2. The van der Waals surface area contributed by atoms with E-state index in [2.05, 4.69) is 12.5 Å². The fourth-order valence-electron chi connectivity index (χ4n) is 1.92. The molecule has 0 heteroatoms. The fraction of sp³-hybridized carbons (Fsp3) is 0.700. The smallest absolute Gasteiger partial charge is 0.00803 e. The lowest BCUT2D eigenvalue weighted by Gasteiger charge is -2.19. The lowest BCUT2D eigenvalue weighted by atomic mass is 9.86. The van der Waals surface area contributed by atoms with Crippen LogP contribution < -0.4 is 0 Å². The second-order valence-corrected chi connectivity index (χ2v) is 3.62. The van der Waals surface area contributed by atoms with E-state index in [1.807, 2.05) is 0 Å². The van der Waals surface area contributed by atoms with Crippen molar-refractivity contribution in [3.63, 3.8) is 0 Å². The Hall–Kier alpha value is -0.260. The summed E-state index contributed by atoms with van der Waals surface area (Å²) in [6.07, 6.45) is 13.3. The summed E-state index contributed by atoms with van der Waals surface area (Å²) in [7, 11) is 0. The molecule has 1 radical (unpaired) electrons. The summed E-state index contributed by atoms with van der Waals surface area (Å²) in [6, 6.07) is 0. The summed E-state index contributed by atoms with van der Waals surface area (Å²) in [4.78, 5) is 0. The van der Waals surface area contributed by atoms with Crippen molar-refractivity contribution in [2.75, 3.05) is 0 Å². The molecule has 55 valence electrons. The standard InChI is InChI=1S/C10H15/c1-2-4-9(5-3-1)8-10-6-7-10/h6-7,9H,1-5,8H2. The van der Waals surface area contributed by atoms with Crippen LogP contribution in [0.2, 0.25) is 0 Å². The van der Waals surface area contributed by atoms with Crippen LogP contribution >= 0.6 is 0 Å². The summed E-state index contributed by atoms with van der Waals surface area (Å²) >= 11 is 0. The van der Waals surface area contributed by atoms with Crippen LogP contribution in [-0.2, 0) is 0 Å². The van der Waals surface area contributed by atoms with Crippen LogP contribution in [0.25, 0.3) is 0 Å². The van der Waals surface area contributed by atoms with Gasteiger partial charge < -0.3 is 0 Å². The highest BCUT2D eigenvalue weighted by molar-refractivity contribution is 5.38. The zero-order valence-electron chi connectivity index (χ0n) is 6.47. The SMILES string of the molecule is [CH]1C=C1CC1CCCCC1. The molecule has 0 unspecified atom stereocenters. The Morgan fingerprint density at radius 1 is 1.20 bits per heavy atom. The van der Waals surface area contributed by atoms with Crippen LogP contribution in [0.4, 0.5) is 0 Å². The molecule has 2 aliphatic carbocycles. The van der Waals surface area contributed by atoms with E-state index in [1.54, 1.807) is 5.57 Å². The van der Waals surface area contributed by atoms with E-state index in [0.717, 1.165) is 5.92 Å². The van der Waals surface area contributed by atoms with Gasteiger partial charge in [0.05, 0.1) is 0 Å². The van der Waals surface area contributed by atoms with E-state index in [9.17, 15) is 0 Å². The lowest BCUT2D eigenvalue weighted by Crippen LogP contribution is -2.04. The Bertz CT molecular complexity index is 138. The Kier molecular flexibility index (Phi) is 1.79. The van der Waals surface area contributed by atoms with Crippen molar-refractivity contribution in [2.45, 2.75) is 38.5 Å². The molecule has 0 saturated heterocycles. The molecule has 0 spiro atoms. The zero-order chi connectivity index (χ0) is 6.81. The minimum atomic E-state index is 1.04. The van der Waals surface area contributed by atoms with E-state index in [4.69, 9.17) is 0 Å². The van der Waals surface area contributed by atoms with Gasteiger partial charge in [0.2, 0.25) is 0 Å². The Morgan fingerprint density at radius 3 is 2.50 bits per heavy atom. The Balaban J connectivity index is 1.74. The summed E-state index contributed by atoms with van der Waals surface area (Å²) in [5.74, 6) is 1.04.